The number of piperidine rings is 1. The minimum absolute atomic E-state index is 0.0133. The molecule has 0 atom stereocenters. The second kappa shape index (κ2) is 9.96. The van der Waals surface area contributed by atoms with Crippen LogP contribution in [0.15, 0.2) is 30.3 Å². The first-order chi connectivity index (χ1) is 11.7. The molecule has 0 radical (unpaired) electrons. The molecule has 5 heteroatoms. The zero-order valence-corrected chi connectivity index (χ0v) is 14.5. The van der Waals surface area contributed by atoms with E-state index in [1.165, 1.54) is 0 Å². The van der Waals surface area contributed by atoms with Gasteiger partial charge in [0.25, 0.3) is 5.91 Å². The molecular weight excluding hydrogens is 304 g/mol. The van der Waals surface area contributed by atoms with Crippen molar-refractivity contribution in [1.82, 2.24) is 10.2 Å². The highest BCUT2D eigenvalue weighted by Crippen LogP contribution is 2.18. The lowest BCUT2D eigenvalue weighted by molar-refractivity contribution is -0.137. The van der Waals surface area contributed by atoms with Crippen LogP contribution in [0.4, 0.5) is 0 Å². The molecule has 1 saturated heterocycles. The normalized spacial score (nSPS) is 15.1. The van der Waals surface area contributed by atoms with Crippen LogP contribution < -0.4 is 10.1 Å². The molecule has 0 unspecified atom stereocenters. The third-order valence-electron chi connectivity index (χ3n) is 4.40. The molecule has 1 aliphatic rings. The first-order valence-electron chi connectivity index (χ1n) is 8.94. The number of rotatable bonds is 8. The van der Waals surface area contributed by atoms with E-state index in [4.69, 9.17) is 4.74 Å². The first kappa shape index (κ1) is 18.3. The standard InChI is InChI=1S/C19H28N2O3/c1-2-3-7-12-20-19(23)16-10-13-21(14-11-16)18(22)15-24-17-8-5-4-6-9-17/h4-6,8-9,16H,2-3,7,10-15H2,1H3,(H,20,23). The summed E-state index contributed by atoms with van der Waals surface area (Å²) in [7, 11) is 0. The van der Waals surface area contributed by atoms with Crippen molar-refractivity contribution in [2.45, 2.75) is 39.0 Å². The second-order valence-corrected chi connectivity index (χ2v) is 6.25. The molecule has 0 spiro atoms. The fourth-order valence-corrected chi connectivity index (χ4v) is 2.88. The minimum atomic E-state index is -0.0133. The van der Waals surface area contributed by atoms with Gasteiger partial charge in [0, 0.05) is 25.6 Å². The van der Waals surface area contributed by atoms with E-state index in [9.17, 15) is 9.59 Å². The van der Waals surface area contributed by atoms with E-state index in [0.717, 1.165) is 38.6 Å². The van der Waals surface area contributed by atoms with Crippen LogP contribution in [0.25, 0.3) is 0 Å². The number of ether oxygens (including phenoxy) is 1. The zero-order valence-electron chi connectivity index (χ0n) is 14.5. The third kappa shape index (κ3) is 5.87. The largest absolute Gasteiger partial charge is 0.484 e. The van der Waals surface area contributed by atoms with Gasteiger partial charge in [-0.1, -0.05) is 38.0 Å². The molecule has 132 valence electrons. The van der Waals surface area contributed by atoms with Crippen molar-refractivity contribution in [2.24, 2.45) is 5.92 Å². The van der Waals surface area contributed by atoms with Crippen LogP contribution in [-0.2, 0) is 9.59 Å². The molecule has 1 aliphatic heterocycles. The molecule has 1 aromatic carbocycles. The Bertz CT molecular complexity index is 511. The van der Waals surface area contributed by atoms with E-state index in [0.29, 0.717) is 18.8 Å². The highest BCUT2D eigenvalue weighted by atomic mass is 16.5. The Balaban J connectivity index is 1.66. The molecule has 5 nitrogen and oxygen atoms in total. The van der Waals surface area contributed by atoms with Crippen molar-refractivity contribution >= 4 is 11.8 Å². The van der Waals surface area contributed by atoms with E-state index in [1.807, 2.05) is 30.3 Å². The maximum atomic E-state index is 12.2. The Morgan fingerprint density at radius 1 is 1.17 bits per heavy atom. The maximum Gasteiger partial charge on any atom is 0.260 e. The molecule has 1 heterocycles. The first-order valence-corrected chi connectivity index (χ1v) is 8.94. The van der Waals surface area contributed by atoms with Crippen molar-refractivity contribution in [3.8, 4) is 5.75 Å². The van der Waals surface area contributed by atoms with E-state index in [1.54, 1.807) is 4.90 Å². The summed E-state index contributed by atoms with van der Waals surface area (Å²) >= 11 is 0. The lowest BCUT2D eigenvalue weighted by Gasteiger charge is -2.31. The van der Waals surface area contributed by atoms with Gasteiger partial charge in [0.15, 0.2) is 6.61 Å². The average Bonchev–Trinajstić information content (AvgIpc) is 2.64. The Morgan fingerprint density at radius 3 is 2.54 bits per heavy atom. The summed E-state index contributed by atoms with van der Waals surface area (Å²) in [6.45, 7) is 4.22. The van der Waals surface area contributed by atoms with Gasteiger partial charge < -0.3 is 15.0 Å². The minimum Gasteiger partial charge on any atom is -0.484 e. The zero-order chi connectivity index (χ0) is 17.2. The van der Waals surface area contributed by atoms with E-state index >= 15 is 0 Å². The molecule has 0 saturated carbocycles. The highest BCUT2D eigenvalue weighted by molar-refractivity contribution is 5.80. The number of carbonyl (C=O) groups is 2. The number of para-hydroxylation sites is 1. The Kier molecular flexibility index (Phi) is 7.59. The van der Waals surface area contributed by atoms with Gasteiger partial charge in [-0.3, -0.25) is 9.59 Å². The molecular formula is C19H28N2O3. The van der Waals surface area contributed by atoms with Crippen molar-refractivity contribution in [2.75, 3.05) is 26.2 Å². The number of nitrogens with one attached hydrogen (secondary N) is 1. The lowest BCUT2D eigenvalue weighted by atomic mass is 9.96. The van der Waals surface area contributed by atoms with Crippen LogP contribution >= 0.6 is 0 Å². The highest BCUT2D eigenvalue weighted by Gasteiger charge is 2.27. The molecule has 1 aromatic rings. The summed E-state index contributed by atoms with van der Waals surface area (Å²) in [6.07, 6.45) is 4.81. The Hall–Kier alpha value is -2.04. The molecule has 0 bridgehead atoms. The number of carbonyl (C=O) groups excluding carboxylic acids is 2. The van der Waals surface area contributed by atoms with Crippen LogP contribution in [0.5, 0.6) is 5.75 Å². The van der Waals surface area contributed by atoms with Gasteiger partial charge in [-0.15, -0.1) is 0 Å². The molecule has 24 heavy (non-hydrogen) atoms. The summed E-state index contributed by atoms with van der Waals surface area (Å²) in [5, 5.41) is 3.01. The summed E-state index contributed by atoms with van der Waals surface area (Å²) in [5.41, 5.74) is 0. The van der Waals surface area contributed by atoms with Crippen LogP contribution in [0.3, 0.4) is 0 Å². The maximum absolute atomic E-state index is 12.2. The number of benzene rings is 1. The van der Waals surface area contributed by atoms with Crippen LogP contribution in [0, 0.1) is 5.92 Å². The van der Waals surface area contributed by atoms with Gasteiger partial charge in [-0.2, -0.15) is 0 Å². The van der Waals surface area contributed by atoms with Gasteiger partial charge in [0.1, 0.15) is 5.75 Å². The van der Waals surface area contributed by atoms with Gasteiger partial charge >= 0.3 is 0 Å². The smallest absolute Gasteiger partial charge is 0.260 e. The van der Waals surface area contributed by atoms with Gasteiger partial charge in [0.2, 0.25) is 5.91 Å². The van der Waals surface area contributed by atoms with Crippen LogP contribution in [-0.4, -0.2) is 43.0 Å². The molecule has 0 aliphatic carbocycles. The monoisotopic (exact) mass is 332 g/mol. The van der Waals surface area contributed by atoms with Gasteiger partial charge in [0.05, 0.1) is 0 Å². The fourth-order valence-electron chi connectivity index (χ4n) is 2.88. The summed E-state index contributed by atoms with van der Waals surface area (Å²) in [4.78, 5) is 26.1. The summed E-state index contributed by atoms with van der Waals surface area (Å²) in [5.74, 6) is 0.859. The third-order valence-corrected chi connectivity index (χ3v) is 4.40. The van der Waals surface area contributed by atoms with Crippen molar-refractivity contribution < 1.29 is 14.3 Å². The number of amides is 2. The molecule has 0 aromatic heterocycles. The molecule has 1 fully saturated rings. The Morgan fingerprint density at radius 2 is 1.88 bits per heavy atom. The topological polar surface area (TPSA) is 58.6 Å². The molecule has 2 amide bonds. The molecule has 1 N–H and O–H groups in total. The van der Waals surface area contributed by atoms with Crippen molar-refractivity contribution in [3.63, 3.8) is 0 Å². The predicted molar refractivity (Wildman–Crippen MR) is 93.8 cm³/mol. The van der Waals surface area contributed by atoms with Crippen LogP contribution in [0.1, 0.15) is 39.0 Å². The predicted octanol–water partition coefficient (Wildman–Crippen LogP) is 2.61. The van der Waals surface area contributed by atoms with Crippen molar-refractivity contribution in [1.29, 1.82) is 0 Å². The quantitative estimate of drug-likeness (QED) is 0.745. The van der Waals surface area contributed by atoms with E-state index in [2.05, 4.69) is 12.2 Å². The van der Waals surface area contributed by atoms with E-state index in [-0.39, 0.29) is 24.3 Å². The van der Waals surface area contributed by atoms with Crippen LogP contribution in [0.2, 0.25) is 0 Å². The average molecular weight is 332 g/mol. The molecule has 2 rings (SSSR count). The number of hydrogen-bond acceptors (Lipinski definition) is 3. The number of nitrogens with zero attached hydrogens (tertiary/aromatic N) is 1. The lowest BCUT2D eigenvalue weighted by Crippen LogP contribution is -2.44. The SMILES string of the molecule is CCCCCNC(=O)C1CCN(C(=O)COc2ccccc2)CC1. The Labute approximate surface area is 144 Å². The van der Waals surface area contributed by atoms with Gasteiger partial charge in [-0.05, 0) is 31.4 Å². The summed E-state index contributed by atoms with van der Waals surface area (Å²) in [6, 6.07) is 9.34. The summed E-state index contributed by atoms with van der Waals surface area (Å²) < 4.78 is 5.50. The van der Waals surface area contributed by atoms with Gasteiger partial charge in [-0.25, -0.2) is 0 Å². The van der Waals surface area contributed by atoms with E-state index < -0.39 is 0 Å². The van der Waals surface area contributed by atoms with Crippen molar-refractivity contribution in [3.05, 3.63) is 30.3 Å². The fraction of sp³-hybridized carbons (Fsp3) is 0.579. The number of unbranched alkanes of at least 4 members (excludes halogenated alkanes) is 2. The number of hydrogen-bond donors (Lipinski definition) is 1. The second-order valence-electron chi connectivity index (χ2n) is 6.25. The number of likely N-dealkylation sites (tertiary alicyclic amines) is 1.